The Hall–Kier alpha value is -1.98. The molecule has 2 atom stereocenters. The maximum Gasteiger partial charge on any atom is 0.282 e. The van der Waals surface area contributed by atoms with E-state index in [4.69, 9.17) is 0 Å². The maximum atomic E-state index is 12.5. The van der Waals surface area contributed by atoms with E-state index in [0.717, 1.165) is 10.9 Å². The number of amides is 1. The Morgan fingerprint density at radius 1 is 1.16 bits per heavy atom. The van der Waals surface area contributed by atoms with Gasteiger partial charge >= 0.3 is 0 Å². The number of carbonyl (C=O) groups is 2. The molecule has 0 aromatic heterocycles. The molecular weight excluding hydrogens is 380 g/mol. The molecule has 0 saturated heterocycles. The fraction of sp³-hybridized carbons (Fsp3) is 0.300. The van der Waals surface area contributed by atoms with Crippen LogP contribution in [0.2, 0.25) is 0 Å². The van der Waals surface area contributed by atoms with Crippen LogP contribution in [0, 0.1) is 0 Å². The van der Waals surface area contributed by atoms with Gasteiger partial charge in [0.2, 0.25) is 0 Å². The molecule has 0 fully saturated rings. The first-order valence-electron chi connectivity index (χ1n) is 8.43. The SMILES string of the molecule is CC[C@H]([NH2+][C@@H](C)C(=O)Nc1cccc(C(C)=O)c1)c1ccc(Br)cc1. The first-order chi connectivity index (χ1) is 11.9. The first kappa shape index (κ1) is 19.3. The summed E-state index contributed by atoms with van der Waals surface area (Å²) in [7, 11) is 0. The number of quaternary nitrogens is 1. The highest BCUT2D eigenvalue weighted by Crippen LogP contribution is 2.17. The molecular formula is C20H24BrN2O2+. The standard InChI is InChI=1S/C20H23BrN2O2/c1-4-19(15-8-10-17(21)11-9-15)22-13(2)20(25)23-18-7-5-6-16(12-18)14(3)24/h5-13,19,22H,4H2,1-3H3,(H,23,25)/p+1/t13-,19-/m0/s1. The zero-order valence-corrected chi connectivity index (χ0v) is 16.3. The minimum atomic E-state index is -0.241. The maximum absolute atomic E-state index is 12.5. The molecule has 2 aromatic carbocycles. The molecule has 0 spiro atoms. The second-order valence-corrected chi connectivity index (χ2v) is 7.09. The number of carbonyl (C=O) groups excluding carboxylic acids is 2. The van der Waals surface area contributed by atoms with E-state index in [0.29, 0.717) is 11.3 Å². The van der Waals surface area contributed by atoms with Crippen LogP contribution in [0.4, 0.5) is 5.69 Å². The lowest BCUT2D eigenvalue weighted by atomic mass is 10.0. The van der Waals surface area contributed by atoms with Crippen LogP contribution in [0.3, 0.4) is 0 Å². The van der Waals surface area contributed by atoms with E-state index in [2.05, 4.69) is 45.6 Å². The molecule has 2 aromatic rings. The van der Waals surface area contributed by atoms with Crippen molar-refractivity contribution in [1.29, 1.82) is 0 Å². The van der Waals surface area contributed by atoms with E-state index >= 15 is 0 Å². The van der Waals surface area contributed by atoms with Gasteiger partial charge in [0.25, 0.3) is 5.91 Å². The van der Waals surface area contributed by atoms with Crippen LogP contribution in [0.25, 0.3) is 0 Å². The van der Waals surface area contributed by atoms with Crippen molar-refractivity contribution in [2.24, 2.45) is 0 Å². The number of hydrogen-bond acceptors (Lipinski definition) is 2. The predicted octanol–water partition coefficient (Wildman–Crippen LogP) is 3.69. The summed E-state index contributed by atoms with van der Waals surface area (Å²) in [4.78, 5) is 24.0. The van der Waals surface area contributed by atoms with E-state index in [1.165, 1.54) is 12.5 Å². The molecule has 0 aliphatic rings. The van der Waals surface area contributed by atoms with Crippen molar-refractivity contribution in [3.05, 3.63) is 64.1 Å². The van der Waals surface area contributed by atoms with E-state index in [1.807, 2.05) is 19.1 Å². The van der Waals surface area contributed by atoms with E-state index in [9.17, 15) is 9.59 Å². The largest absolute Gasteiger partial charge is 0.330 e. The number of rotatable bonds is 7. The third-order valence-corrected chi connectivity index (χ3v) is 4.74. The van der Waals surface area contributed by atoms with E-state index in [-0.39, 0.29) is 23.8 Å². The van der Waals surface area contributed by atoms with Crippen molar-refractivity contribution in [2.45, 2.75) is 39.3 Å². The lowest BCUT2D eigenvalue weighted by Crippen LogP contribution is -2.92. The molecule has 0 heterocycles. The second kappa shape index (κ2) is 8.92. The fourth-order valence-electron chi connectivity index (χ4n) is 2.70. The monoisotopic (exact) mass is 403 g/mol. The van der Waals surface area contributed by atoms with Crippen LogP contribution >= 0.6 is 15.9 Å². The minimum Gasteiger partial charge on any atom is -0.330 e. The van der Waals surface area contributed by atoms with Gasteiger partial charge in [0.1, 0.15) is 6.04 Å². The number of halogens is 1. The summed E-state index contributed by atoms with van der Waals surface area (Å²) in [6.07, 6.45) is 0.930. The minimum absolute atomic E-state index is 0.0167. The van der Waals surface area contributed by atoms with Gasteiger partial charge in [-0.2, -0.15) is 0 Å². The van der Waals surface area contributed by atoms with Crippen LogP contribution in [-0.2, 0) is 4.79 Å². The zero-order chi connectivity index (χ0) is 18.4. The smallest absolute Gasteiger partial charge is 0.282 e. The quantitative estimate of drug-likeness (QED) is 0.692. The summed E-state index contributed by atoms with van der Waals surface area (Å²) >= 11 is 3.45. The summed E-state index contributed by atoms with van der Waals surface area (Å²) in [5.74, 6) is -0.0896. The van der Waals surface area contributed by atoms with Gasteiger partial charge in [0.15, 0.2) is 11.8 Å². The zero-order valence-electron chi connectivity index (χ0n) is 14.8. The molecule has 0 unspecified atom stereocenters. The van der Waals surface area contributed by atoms with Crippen LogP contribution < -0.4 is 10.6 Å². The third-order valence-electron chi connectivity index (χ3n) is 4.21. The Morgan fingerprint density at radius 3 is 2.44 bits per heavy atom. The van der Waals surface area contributed by atoms with Gasteiger partial charge in [0.05, 0.1) is 0 Å². The molecule has 0 radical (unpaired) electrons. The van der Waals surface area contributed by atoms with Crippen molar-refractivity contribution in [2.75, 3.05) is 5.32 Å². The Balaban J connectivity index is 2.02. The van der Waals surface area contributed by atoms with Crippen LogP contribution in [-0.4, -0.2) is 17.7 Å². The molecule has 0 saturated carbocycles. The Kier molecular flexibility index (Phi) is 6.91. The highest BCUT2D eigenvalue weighted by molar-refractivity contribution is 9.10. The molecule has 1 amide bonds. The summed E-state index contributed by atoms with van der Waals surface area (Å²) < 4.78 is 1.04. The molecule has 3 N–H and O–H groups in total. The van der Waals surface area contributed by atoms with Crippen LogP contribution in [0.5, 0.6) is 0 Å². The number of hydrogen-bond donors (Lipinski definition) is 2. The van der Waals surface area contributed by atoms with Crippen molar-refractivity contribution >= 4 is 33.3 Å². The van der Waals surface area contributed by atoms with Gasteiger partial charge in [-0.15, -0.1) is 0 Å². The molecule has 132 valence electrons. The normalized spacial score (nSPS) is 13.1. The molecule has 0 bridgehead atoms. The average molecular weight is 404 g/mol. The summed E-state index contributed by atoms with van der Waals surface area (Å²) in [6.45, 7) is 5.53. The molecule has 0 aliphatic heterocycles. The van der Waals surface area contributed by atoms with Gasteiger partial charge < -0.3 is 10.6 Å². The average Bonchev–Trinajstić information content (AvgIpc) is 2.60. The summed E-state index contributed by atoms with van der Waals surface area (Å²) in [6, 6.07) is 15.2. The highest BCUT2D eigenvalue weighted by atomic mass is 79.9. The second-order valence-electron chi connectivity index (χ2n) is 6.17. The van der Waals surface area contributed by atoms with Crippen molar-refractivity contribution in [1.82, 2.24) is 0 Å². The Labute approximate surface area is 157 Å². The van der Waals surface area contributed by atoms with E-state index < -0.39 is 0 Å². The Morgan fingerprint density at radius 2 is 1.84 bits per heavy atom. The number of ketones is 1. The summed E-state index contributed by atoms with van der Waals surface area (Å²) in [5.41, 5.74) is 2.44. The molecule has 4 nitrogen and oxygen atoms in total. The number of nitrogens with one attached hydrogen (secondary N) is 1. The predicted molar refractivity (Wildman–Crippen MR) is 104 cm³/mol. The fourth-order valence-corrected chi connectivity index (χ4v) is 2.97. The van der Waals surface area contributed by atoms with Crippen molar-refractivity contribution < 1.29 is 14.9 Å². The number of benzene rings is 2. The molecule has 5 heteroatoms. The summed E-state index contributed by atoms with van der Waals surface area (Å²) in [5, 5.41) is 4.97. The number of Topliss-reactive ketones (excluding diaryl/α,β-unsaturated/α-hetero) is 1. The topological polar surface area (TPSA) is 62.8 Å². The van der Waals surface area contributed by atoms with Gasteiger partial charge in [0, 0.05) is 27.7 Å². The van der Waals surface area contributed by atoms with Gasteiger partial charge in [-0.25, -0.2) is 0 Å². The van der Waals surface area contributed by atoms with E-state index in [1.54, 1.807) is 24.3 Å². The lowest BCUT2D eigenvalue weighted by Gasteiger charge is -2.19. The number of anilines is 1. The third kappa shape index (κ3) is 5.51. The van der Waals surface area contributed by atoms with Gasteiger partial charge in [-0.05, 0) is 38.1 Å². The molecule has 25 heavy (non-hydrogen) atoms. The van der Waals surface area contributed by atoms with Crippen molar-refractivity contribution in [3.63, 3.8) is 0 Å². The van der Waals surface area contributed by atoms with Crippen molar-refractivity contribution in [3.8, 4) is 0 Å². The van der Waals surface area contributed by atoms with Crippen LogP contribution in [0.15, 0.2) is 53.0 Å². The lowest BCUT2D eigenvalue weighted by molar-refractivity contribution is -0.713. The molecule has 0 aliphatic carbocycles. The van der Waals surface area contributed by atoms with Gasteiger partial charge in [-0.3, -0.25) is 9.59 Å². The van der Waals surface area contributed by atoms with Gasteiger partial charge in [-0.1, -0.05) is 47.1 Å². The Bertz CT molecular complexity index is 744. The van der Waals surface area contributed by atoms with Crippen LogP contribution in [0.1, 0.15) is 49.2 Å². The first-order valence-corrected chi connectivity index (χ1v) is 9.22. The number of nitrogens with two attached hydrogens (primary N) is 1. The molecule has 2 rings (SSSR count). The highest BCUT2D eigenvalue weighted by Gasteiger charge is 2.22.